The molecule has 1 aromatic carbocycles. The molecule has 1 aromatic rings. The zero-order valence-corrected chi connectivity index (χ0v) is 21.0. The fourth-order valence-electron chi connectivity index (χ4n) is 3.90. The first-order chi connectivity index (χ1) is 13.6. The van der Waals surface area contributed by atoms with Gasteiger partial charge in [-0.1, -0.05) is 76.1 Å². The van der Waals surface area contributed by atoms with Crippen LogP contribution in [0.4, 0.5) is 0 Å². The Balaban J connectivity index is 2.78. The Bertz CT molecular complexity index is 535. The molecule has 0 bridgehead atoms. The van der Waals surface area contributed by atoms with Gasteiger partial charge in [0.15, 0.2) is 0 Å². The average molecular weight is 517 g/mol. The van der Waals surface area contributed by atoms with Gasteiger partial charge < -0.3 is 4.48 Å². The number of benzene rings is 1. The quantitative estimate of drug-likeness (QED) is 0.0521. The lowest BCUT2D eigenvalue weighted by molar-refractivity contribution is -0.927. The Kier molecular flexibility index (Phi) is 14.4. The summed E-state index contributed by atoms with van der Waals surface area (Å²) in [6, 6.07) is 8.34. The molecular weight excluding hydrogens is 477 g/mol. The highest BCUT2D eigenvalue weighted by molar-refractivity contribution is 14.1. The topological polar surface area (TPSA) is 0 Å². The second kappa shape index (κ2) is 15.6. The molecule has 28 heavy (non-hydrogen) atoms. The summed E-state index contributed by atoms with van der Waals surface area (Å²) in [5, 5.41) is 0.812. The maximum absolute atomic E-state index is 6.06. The van der Waals surface area contributed by atoms with E-state index in [0.29, 0.717) is 0 Å². The molecule has 0 fully saturated rings. The van der Waals surface area contributed by atoms with E-state index in [1.165, 1.54) is 82.9 Å². The highest BCUT2D eigenvalue weighted by Gasteiger charge is 2.33. The van der Waals surface area contributed by atoms with Crippen molar-refractivity contribution in [3.8, 4) is 12.3 Å². The van der Waals surface area contributed by atoms with Crippen molar-refractivity contribution in [3.63, 3.8) is 0 Å². The maximum atomic E-state index is 6.06. The van der Waals surface area contributed by atoms with Crippen molar-refractivity contribution in [2.24, 2.45) is 0 Å². The molecule has 3 heteroatoms. The lowest BCUT2D eigenvalue weighted by Gasteiger charge is -2.41. The van der Waals surface area contributed by atoms with Gasteiger partial charge in [0, 0.05) is 34.0 Å². The summed E-state index contributed by atoms with van der Waals surface area (Å²) in [4.78, 5) is 0. The molecule has 0 aliphatic rings. The molecule has 0 saturated carbocycles. The van der Waals surface area contributed by atoms with Crippen LogP contribution in [0.15, 0.2) is 24.3 Å². The van der Waals surface area contributed by atoms with Gasteiger partial charge in [0.05, 0.1) is 19.6 Å². The van der Waals surface area contributed by atoms with Crippen LogP contribution in [0.1, 0.15) is 83.6 Å². The van der Waals surface area contributed by atoms with Crippen molar-refractivity contribution < 1.29 is 4.48 Å². The molecule has 1 nitrogen and oxygen atoms in total. The molecule has 0 aliphatic carbocycles. The van der Waals surface area contributed by atoms with E-state index in [1.54, 1.807) is 0 Å². The van der Waals surface area contributed by atoms with Gasteiger partial charge in [-0.2, -0.15) is 0 Å². The molecule has 158 valence electrons. The van der Waals surface area contributed by atoms with E-state index in [9.17, 15) is 0 Å². The van der Waals surface area contributed by atoms with Gasteiger partial charge in [0.2, 0.25) is 4.05 Å². The molecule has 0 heterocycles. The van der Waals surface area contributed by atoms with E-state index in [1.807, 2.05) is 12.1 Å². The summed E-state index contributed by atoms with van der Waals surface area (Å²) < 4.78 is 1.32. The van der Waals surface area contributed by atoms with Gasteiger partial charge in [0.1, 0.15) is 0 Å². The molecule has 0 saturated heterocycles. The Morgan fingerprint density at radius 1 is 0.857 bits per heavy atom. The molecule has 0 aliphatic heterocycles. The minimum atomic E-state index is 0.252. The van der Waals surface area contributed by atoms with E-state index >= 15 is 0 Å². The fourth-order valence-corrected chi connectivity index (χ4v) is 4.86. The summed E-state index contributed by atoms with van der Waals surface area (Å²) in [6.07, 6.45) is 20.3. The summed E-state index contributed by atoms with van der Waals surface area (Å²) in [7, 11) is 0. The Morgan fingerprint density at radius 3 is 1.82 bits per heavy atom. The number of terminal acetylenes is 1. The van der Waals surface area contributed by atoms with Gasteiger partial charge in [-0.3, -0.25) is 0 Å². The SMILES string of the molecule is C#CC(I)[N+](CCCCCCC)(CCCCCCC)CCc1ccc(Cl)cc1. The number of rotatable bonds is 16. The molecule has 1 atom stereocenters. The minimum absolute atomic E-state index is 0.252. The third-order valence-electron chi connectivity index (χ3n) is 5.79. The number of unbranched alkanes of at least 4 members (excludes halogenated alkanes) is 8. The van der Waals surface area contributed by atoms with E-state index in [2.05, 4.69) is 54.5 Å². The summed E-state index contributed by atoms with van der Waals surface area (Å²) >= 11 is 8.58. The molecule has 0 aromatic heterocycles. The second-order valence-electron chi connectivity index (χ2n) is 8.10. The lowest BCUT2D eigenvalue weighted by atomic mass is 10.1. The van der Waals surface area contributed by atoms with E-state index in [4.69, 9.17) is 18.0 Å². The number of alkyl halides is 1. The van der Waals surface area contributed by atoms with Crippen LogP contribution in [0.2, 0.25) is 5.02 Å². The maximum Gasteiger partial charge on any atom is 0.200 e. The number of nitrogens with zero attached hydrogens (tertiary/aromatic N) is 1. The number of hydrogen-bond acceptors (Lipinski definition) is 0. The van der Waals surface area contributed by atoms with Crippen LogP contribution in [0, 0.1) is 12.3 Å². The minimum Gasteiger partial charge on any atom is -0.303 e. The molecule has 0 spiro atoms. The first-order valence-electron chi connectivity index (χ1n) is 11.3. The third kappa shape index (κ3) is 9.99. The third-order valence-corrected chi connectivity index (χ3v) is 7.58. The standard InChI is InChI=1S/C25H40ClIN/c1-4-7-9-11-13-20-28(25(27)6-3,21-14-12-10-8-5-2)22-19-23-15-17-24(26)18-16-23/h3,15-18,25H,4-5,7-14,19-22H2,1-2H3/q+1. The Hall–Kier alpha value is -0.240. The lowest BCUT2D eigenvalue weighted by Crippen LogP contribution is -2.54. The van der Waals surface area contributed by atoms with Crippen LogP contribution in [0.3, 0.4) is 0 Å². The molecule has 0 radical (unpaired) electrons. The summed E-state index contributed by atoms with van der Waals surface area (Å²) in [5.41, 5.74) is 1.37. The van der Waals surface area contributed by atoms with Crippen molar-refractivity contribution >= 4 is 34.2 Å². The zero-order valence-electron chi connectivity index (χ0n) is 18.1. The highest BCUT2D eigenvalue weighted by atomic mass is 127. The van der Waals surface area contributed by atoms with Crippen LogP contribution in [0.25, 0.3) is 0 Å². The average Bonchev–Trinajstić information content (AvgIpc) is 2.71. The van der Waals surface area contributed by atoms with Gasteiger partial charge in [0.25, 0.3) is 0 Å². The molecule has 1 unspecified atom stereocenters. The van der Waals surface area contributed by atoms with E-state index < -0.39 is 0 Å². The van der Waals surface area contributed by atoms with Crippen molar-refractivity contribution in [1.29, 1.82) is 0 Å². The first kappa shape index (κ1) is 25.8. The predicted octanol–water partition coefficient (Wildman–Crippen LogP) is 8.03. The normalized spacial score (nSPS) is 12.7. The second-order valence-corrected chi connectivity index (χ2v) is 9.71. The zero-order chi connectivity index (χ0) is 20.7. The highest BCUT2D eigenvalue weighted by Crippen LogP contribution is 2.25. The van der Waals surface area contributed by atoms with Crippen molar-refractivity contribution in [2.45, 2.75) is 88.5 Å². The molecule has 0 N–H and O–H groups in total. The van der Waals surface area contributed by atoms with Gasteiger partial charge >= 0.3 is 0 Å². The largest absolute Gasteiger partial charge is 0.303 e. The van der Waals surface area contributed by atoms with Crippen molar-refractivity contribution in [2.75, 3.05) is 19.6 Å². The van der Waals surface area contributed by atoms with E-state index in [0.717, 1.165) is 22.5 Å². The Labute approximate surface area is 193 Å². The smallest absolute Gasteiger partial charge is 0.200 e. The number of hydrogen-bond donors (Lipinski definition) is 0. The van der Waals surface area contributed by atoms with Crippen molar-refractivity contribution in [3.05, 3.63) is 34.9 Å². The van der Waals surface area contributed by atoms with Gasteiger partial charge in [-0.05, 0) is 49.3 Å². The van der Waals surface area contributed by atoms with E-state index in [-0.39, 0.29) is 4.05 Å². The molecule has 1 rings (SSSR count). The van der Waals surface area contributed by atoms with Crippen molar-refractivity contribution in [1.82, 2.24) is 0 Å². The molecule has 0 amide bonds. The number of quaternary nitrogens is 1. The van der Waals surface area contributed by atoms with Crippen LogP contribution in [-0.4, -0.2) is 28.2 Å². The Morgan fingerprint density at radius 2 is 1.36 bits per heavy atom. The van der Waals surface area contributed by atoms with Gasteiger partial charge in [-0.15, -0.1) is 6.42 Å². The monoisotopic (exact) mass is 516 g/mol. The predicted molar refractivity (Wildman–Crippen MR) is 134 cm³/mol. The van der Waals surface area contributed by atoms with Gasteiger partial charge in [-0.25, -0.2) is 0 Å². The first-order valence-corrected chi connectivity index (χ1v) is 12.9. The fraction of sp³-hybridized carbons (Fsp3) is 0.680. The van der Waals surface area contributed by atoms with Crippen LogP contribution >= 0.6 is 34.2 Å². The van der Waals surface area contributed by atoms with Crippen LogP contribution < -0.4 is 0 Å². The number of halogens is 2. The molecular formula is C25H40ClIN+. The van der Waals surface area contributed by atoms with Crippen LogP contribution in [-0.2, 0) is 6.42 Å². The summed E-state index contributed by atoms with van der Waals surface area (Å²) in [6.45, 7) is 8.11. The van der Waals surface area contributed by atoms with Crippen LogP contribution in [0.5, 0.6) is 0 Å². The summed E-state index contributed by atoms with van der Waals surface area (Å²) in [5.74, 6) is 3.09.